The van der Waals surface area contributed by atoms with Gasteiger partial charge >= 0.3 is 5.69 Å². The Morgan fingerprint density at radius 1 is 1.39 bits per heavy atom. The molecular weight excluding hydrogens is 265 g/mol. The Morgan fingerprint density at radius 2 is 2.17 bits per heavy atom. The van der Waals surface area contributed by atoms with Crippen LogP contribution in [-0.4, -0.2) is 14.9 Å². The van der Waals surface area contributed by atoms with E-state index < -0.39 is 16.4 Å². The van der Waals surface area contributed by atoms with E-state index in [1.54, 1.807) is 0 Å². The van der Waals surface area contributed by atoms with Gasteiger partial charge in [0.05, 0.1) is 11.0 Å². The molecule has 2 rings (SSSR count). The standard InChI is InChI=1S/C10H5ClFN3O3/c11-10-13-4-3-9(14-10)18-8-2-1-6(12)5-7(8)15(16)17/h1-5H. The van der Waals surface area contributed by atoms with E-state index in [0.717, 1.165) is 18.2 Å². The van der Waals surface area contributed by atoms with Crippen molar-refractivity contribution in [2.24, 2.45) is 0 Å². The van der Waals surface area contributed by atoms with Gasteiger partial charge in [-0.15, -0.1) is 0 Å². The fourth-order valence-electron chi connectivity index (χ4n) is 1.21. The predicted molar refractivity (Wildman–Crippen MR) is 60.2 cm³/mol. The molecule has 1 aromatic carbocycles. The van der Waals surface area contributed by atoms with Crippen LogP contribution in [0.2, 0.25) is 5.28 Å². The summed E-state index contributed by atoms with van der Waals surface area (Å²) in [4.78, 5) is 17.3. The van der Waals surface area contributed by atoms with Gasteiger partial charge in [0, 0.05) is 12.3 Å². The Labute approximate surface area is 105 Å². The molecule has 0 bridgehead atoms. The van der Waals surface area contributed by atoms with Gasteiger partial charge in [-0.2, -0.15) is 4.98 Å². The van der Waals surface area contributed by atoms with Crippen molar-refractivity contribution in [3.05, 3.63) is 51.7 Å². The molecule has 1 aromatic heterocycles. The second kappa shape index (κ2) is 4.92. The zero-order valence-corrected chi connectivity index (χ0v) is 9.46. The second-order valence-corrected chi connectivity index (χ2v) is 3.47. The van der Waals surface area contributed by atoms with E-state index in [1.807, 2.05) is 0 Å². The summed E-state index contributed by atoms with van der Waals surface area (Å²) in [6, 6.07) is 4.33. The predicted octanol–water partition coefficient (Wildman–Crippen LogP) is 2.97. The molecule has 0 saturated heterocycles. The first kappa shape index (κ1) is 12.2. The quantitative estimate of drug-likeness (QED) is 0.486. The van der Waals surface area contributed by atoms with E-state index in [1.165, 1.54) is 12.3 Å². The lowest BCUT2D eigenvalue weighted by Crippen LogP contribution is -1.96. The van der Waals surface area contributed by atoms with Crippen molar-refractivity contribution in [1.29, 1.82) is 0 Å². The van der Waals surface area contributed by atoms with Crippen LogP contribution in [0, 0.1) is 15.9 Å². The summed E-state index contributed by atoms with van der Waals surface area (Å²) >= 11 is 5.54. The number of aromatic nitrogens is 2. The Kier molecular flexibility index (Phi) is 3.33. The molecule has 8 heteroatoms. The molecule has 92 valence electrons. The lowest BCUT2D eigenvalue weighted by atomic mass is 10.3. The number of hydrogen-bond donors (Lipinski definition) is 0. The van der Waals surface area contributed by atoms with E-state index >= 15 is 0 Å². The molecule has 18 heavy (non-hydrogen) atoms. The molecule has 0 unspecified atom stereocenters. The fraction of sp³-hybridized carbons (Fsp3) is 0. The summed E-state index contributed by atoms with van der Waals surface area (Å²) in [5, 5.41) is 10.7. The molecule has 1 heterocycles. The maximum Gasteiger partial charge on any atom is 0.314 e. The molecule has 2 aromatic rings. The van der Waals surface area contributed by atoms with Crippen LogP contribution in [0.1, 0.15) is 0 Å². The average molecular weight is 270 g/mol. The first-order chi connectivity index (χ1) is 8.56. The fourth-order valence-corrected chi connectivity index (χ4v) is 1.35. The molecule has 0 spiro atoms. The summed E-state index contributed by atoms with van der Waals surface area (Å²) in [7, 11) is 0. The Hall–Kier alpha value is -2.28. The Morgan fingerprint density at radius 3 is 2.83 bits per heavy atom. The highest BCUT2D eigenvalue weighted by atomic mass is 35.5. The highest BCUT2D eigenvalue weighted by Gasteiger charge is 2.17. The molecule has 0 aliphatic rings. The third-order valence-corrected chi connectivity index (χ3v) is 2.11. The number of ether oxygens (including phenoxy) is 1. The van der Waals surface area contributed by atoms with Crippen LogP contribution >= 0.6 is 11.6 Å². The van der Waals surface area contributed by atoms with Crippen LogP contribution in [0.15, 0.2) is 30.5 Å². The maximum absolute atomic E-state index is 12.9. The minimum atomic E-state index is -0.749. The molecule has 0 radical (unpaired) electrons. The Bertz CT molecular complexity index is 609. The van der Waals surface area contributed by atoms with Gasteiger partial charge in [-0.3, -0.25) is 10.1 Å². The molecule has 0 aliphatic heterocycles. The monoisotopic (exact) mass is 269 g/mol. The molecule has 6 nitrogen and oxygen atoms in total. The maximum atomic E-state index is 12.9. The SMILES string of the molecule is O=[N+]([O-])c1cc(F)ccc1Oc1ccnc(Cl)n1. The minimum Gasteiger partial charge on any atom is -0.432 e. The van der Waals surface area contributed by atoms with E-state index in [4.69, 9.17) is 16.3 Å². The number of hydrogen-bond acceptors (Lipinski definition) is 5. The molecule has 0 N–H and O–H groups in total. The molecule has 0 aliphatic carbocycles. The van der Waals surface area contributed by atoms with Crippen molar-refractivity contribution in [3.63, 3.8) is 0 Å². The number of halogens is 2. The number of nitro groups is 1. The van der Waals surface area contributed by atoms with Crippen molar-refractivity contribution in [3.8, 4) is 11.6 Å². The molecule has 0 fully saturated rings. The largest absolute Gasteiger partial charge is 0.432 e. The number of benzene rings is 1. The number of nitro benzene ring substituents is 1. The van der Waals surface area contributed by atoms with E-state index in [-0.39, 0.29) is 16.9 Å². The van der Waals surface area contributed by atoms with Crippen molar-refractivity contribution in [2.75, 3.05) is 0 Å². The second-order valence-electron chi connectivity index (χ2n) is 3.14. The molecular formula is C10H5ClFN3O3. The van der Waals surface area contributed by atoms with Gasteiger partial charge in [-0.1, -0.05) is 0 Å². The molecule has 0 saturated carbocycles. The van der Waals surface area contributed by atoms with Crippen LogP contribution in [0.3, 0.4) is 0 Å². The van der Waals surface area contributed by atoms with Gasteiger partial charge in [0.2, 0.25) is 16.9 Å². The van der Waals surface area contributed by atoms with Crippen LogP contribution in [-0.2, 0) is 0 Å². The minimum absolute atomic E-state index is 0.0321. The smallest absolute Gasteiger partial charge is 0.314 e. The molecule has 0 atom stereocenters. The summed E-state index contributed by atoms with van der Waals surface area (Å²) in [5.74, 6) is -0.823. The van der Waals surface area contributed by atoms with Crippen LogP contribution in [0.4, 0.5) is 10.1 Å². The highest BCUT2D eigenvalue weighted by Crippen LogP contribution is 2.31. The van der Waals surface area contributed by atoms with Crippen molar-refractivity contribution in [1.82, 2.24) is 9.97 Å². The van der Waals surface area contributed by atoms with Gasteiger partial charge in [-0.25, -0.2) is 9.37 Å². The lowest BCUT2D eigenvalue weighted by Gasteiger charge is -2.04. The Balaban J connectivity index is 2.37. The third kappa shape index (κ3) is 2.69. The summed E-state index contributed by atoms with van der Waals surface area (Å²) in [6.45, 7) is 0. The van der Waals surface area contributed by atoms with Gasteiger partial charge in [0.25, 0.3) is 0 Å². The number of rotatable bonds is 3. The summed E-state index contributed by atoms with van der Waals surface area (Å²) in [5.41, 5.74) is -0.496. The van der Waals surface area contributed by atoms with Crippen LogP contribution in [0.25, 0.3) is 0 Å². The highest BCUT2D eigenvalue weighted by molar-refractivity contribution is 6.28. The van der Waals surface area contributed by atoms with Gasteiger partial charge in [0.15, 0.2) is 0 Å². The van der Waals surface area contributed by atoms with Crippen LogP contribution in [0.5, 0.6) is 11.6 Å². The summed E-state index contributed by atoms with van der Waals surface area (Å²) < 4.78 is 18.1. The summed E-state index contributed by atoms with van der Waals surface area (Å²) in [6.07, 6.45) is 1.33. The topological polar surface area (TPSA) is 78.2 Å². The van der Waals surface area contributed by atoms with Gasteiger partial charge in [-0.05, 0) is 23.7 Å². The molecule has 0 amide bonds. The zero-order valence-electron chi connectivity index (χ0n) is 8.71. The van der Waals surface area contributed by atoms with E-state index in [9.17, 15) is 14.5 Å². The van der Waals surface area contributed by atoms with E-state index in [0.29, 0.717) is 0 Å². The van der Waals surface area contributed by atoms with Gasteiger partial charge in [0.1, 0.15) is 5.82 Å². The van der Waals surface area contributed by atoms with Gasteiger partial charge < -0.3 is 4.74 Å². The third-order valence-electron chi connectivity index (χ3n) is 1.93. The first-order valence-corrected chi connectivity index (χ1v) is 5.04. The average Bonchev–Trinajstić information content (AvgIpc) is 2.31. The lowest BCUT2D eigenvalue weighted by molar-refractivity contribution is -0.385. The van der Waals surface area contributed by atoms with Crippen molar-refractivity contribution >= 4 is 17.3 Å². The normalized spacial score (nSPS) is 10.1. The first-order valence-electron chi connectivity index (χ1n) is 4.66. The van der Waals surface area contributed by atoms with Crippen LogP contribution < -0.4 is 4.74 Å². The zero-order chi connectivity index (χ0) is 13.1. The van der Waals surface area contributed by atoms with Crippen molar-refractivity contribution < 1.29 is 14.1 Å². The van der Waals surface area contributed by atoms with E-state index in [2.05, 4.69) is 9.97 Å². The van der Waals surface area contributed by atoms with Crippen molar-refractivity contribution in [2.45, 2.75) is 0 Å². The number of nitrogens with zero attached hydrogens (tertiary/aromatic N) is 3.